The van der Waals surface area contributed by atoms with Crippen molar-refractivity contribution in [2.75, 3.05) is 13.7 Å². The SMILES string of the molecule is COC(C)(C)/C=C/C[C@]1(C)CC=C(CO)C(=O)[C@H](CC(C)=O)[C@H]1/C=C/OC(=O)C=C(C)C. The van der Waals surface area contributed by atoms with Gasteiger partial charge in [0.15, 0.2) is 5.78 Å². The summed E-state index contributed by atoms with van der Waals surface area (Å²) in [7, 11) is 1.64. The summed E-state index contributed by atoms with van der Waals surface area (Å²) in [5.41, 5.74) is 0.246. The highest BCUT2D eigenvalue weighted by Crippen LogP contribution is 2.46. The van der Waals surface area contributed by atoms with Crippen LogP contribution in [0.1, 0.15) is 60.8 Å². The van der Waals surface area contributed by atoms with Crippen molar-refractivity contribution in [3.8, 4) is 0 Å². The van der Waals surface area contributed by atoms with Gasteiger partial charge in [-0.05, 0) is 64.9 Å². The number of ether oxygens (including phenoxy) is 2. The Balaban J connectivity index is 3.39. The molecule has 0 aromatic rings. The topological polar surface area (TPSA) is 89.9 Å². The van der Waals surface area contributed by atoms with Gasteiger partial charge in [0.25, 0.3) is 0 Å². The van der Waals surface area contributed by atoms with Crippen molar-refractivity contribution >= 4 is 17.5 Å². The monoisotopic (exact) mass is 446 g/mol. The number of carbonyl (C=O) groups excluding carboxylic acids is 3. The molecule has 0 radical (unpaired) electrons. The first-order valence-corrected chi connectivity index (χ1v) is 10.9. The first-order chi connectivity index (χ1) is 14.8. The molecule has 0 unspecified atom stereocenters. The summed E-state index contributed by atoms with van der Waals surface area (Å²) in [6.07, 6.45) is 11.4. The average molecular weight is 447 g/mol. The summed E-state index contributed by atoms with van der Waals surface area (Å²) in [6, 6.07) is 0. The molecule has 6 heteroatoms. The predicted molar refractivity (Wildman–Crippen MR) is 125 cm³/mol. The van der Waals surface area contributed by atoms with Gasteiger partial charge in [0.1, 0.15) is 5.78 Å². The Morgan fingerprint density at radius 2 is 1.94 bits per heavy atom. The second-order valence-electron chi connectivity index (χ2n) is 9.55. The molecule has 1 N–H and O–H groups in total. The average Bonchev–Trinajstić information content (AvgIpc) is 2.77. The van der Waals surface area contributed by atoms with E-state index in [0.717, 1.165) is 5.57 Å². The van der Waals surface area contributed by atoms with Crippen LogP contribution in [0.4, 0.5) is 0 Å². The zero-order valence-electron chi connectivity index (χ0n) is 20.4. The van der Waals surface area contributed by atoms with Crippen LogP contribution in [0.5, 0.6) is 0 Å². The van der Waals surface area contributed by atoms with Crippen LogP contribution < -0.4 is 0 Å². The summed E-state index contributed by atoms with van der Waals surface area (Å²) in [6.45, 7) is 10.6. The maximum absolute atomic E-state index is 13.2. The van der Waals surface area contributed by atoms with Gasteiger partial charge in [0.05, 0.1) is 18.5 Å². The molecule has 1 rings (SSSR count). The molecule has 0 amide bonds. The lowest BCUT2D eigenvalue weighted by molar-refractivity contribution is -0.132. The third-order valence-electron chi connectivity index (χ3n) is 5.89. The minimum atomic E-state index is -0.652. The molecule has 1 aliphatic carbocycles. The molecule has 0 heterocycles. The van der Waals surface area contributed by atoms with Crippen molar-refractivity contribution in [1.29, 1.82) is 0 Å². The lowest BCUT2D eigenvalue weighted by Crippen LogP contribution is -2.35. The van der Waals surface area contributed by atoms with Crippen LogP contribution in [0.3, 0.4) is 0 Å². The number of aliphatic hydroxyl groups is 1. The molecule has 6 nitrogen and oxygen atoms in total. The molecule has 1 aliphatic rings. The van der Waals surface area contributed by atoms with E-state index in [0.29, 0.717) is 18.4 Å². The summed E-state index contributed by atoms with van der Waals surface area (Å²) in [5.74, 6) is -1.88. The van der Waals surface area contributed by atoms with Crippen molar-refractivity contribution in [3.63, 3.8) is 0 Å². The van der Waals surface area contributed by atoms with E-state index < -0.39 is 22.9 Å². The van der Waals surface area contributed by atoms with E-state index in [2.05, 4.69) is 0 Å². The van der Waals surface area contributed by atoms with Crippen LogP contribution in [0.25, 0.3) is 0 Å². The second kappa shape index (κ2) is 12.1. The fourth-order valence-corrected chi connectivity index (χ4v) is 3.88. The number of carbonyl (C=O) groups is 3. The number of esters is 1. The van der Waals surface area contributed by atoms with Gasteiger partial charge in [0.2, 0.25) is 0 Å². The molecule has 0 aromatic heterocycles. The van der Waals surface area contributed by atoms with Crippen LogP contribution in [0.2, 0.25) is 0 Å². The zero-order chi connectivity index (χ0) is 24.5. The van der Waals surface area contributed by atoms with Gasteiger partial charge < -0.3 is 19.4 Å². The predicted octanol–water partition coefficient (Wildman–Crippen LogP) is 4.49. The Morgan fingerprint density at radius 3 is 2.47 bits per heavy atom. The van der Waals surface area contributed by atoms with E-state index in [1.807, 2.05) is 32.9 Å². The summed E-state index contributed by atoms with van der Waals surface area (Å²) in [4.78, 5) is 37.1. The molecule has 32 heavy (non-hydrogen) atoms. The standard InChI is InChI=1S/C26H38O6/c1-18(2)15-23(29)32-14-10-22-21(16-19(3)28)24(30)20(17-27)9-13-26(22,6)12-8-11-25(4,5)31-7/h8-11,14-15,21-22,27H,12-13,16-17H2,1-7H3/b11-8+,14-10+/t21-,22-,26-/m1/s1. The molecule has 0 aliphatic heterocycles. The molecule has 0 fully saturated rings. The van der Waals surface area contributed by atoms with E-state index in [4.69, 9.17) is 9.47 Å². The van der Waals surface area contributed by atoms with Gasteiger partial charge in [-0.3, -0.25) is 4.79 Å². The van der Waals surface area contributed by atoms with Crippen molar-refractivity contribution in [2.24, 2.45) is 17.3 Å². The lowest BCUT2D eigenvalue weighted by atomic mass is 9.66. The van der Waals surface area contributed by atoms with Crippen molar-refractivity contribution in [3.05, 3.63) is 47.8 Å². The third-order valence-corrected chi connectivity index (χ3v) is 5.89. The Kier molecular flexibility index (Phi) is 10.5. The number of allylic oxidation sites excluding steroid dienone is 4. The van der Waals surface area contributed by atoms with E-state index in [-0.39, 0.29) is 30.5 Å². The van der Waals surface area contributed by atoms with Gasteiger partial charge in [-0.2, -0.15) is 0 Å². The highest BCUT2D eigenvalue weighted by Gasteiger charge is 2.43. The molecule has 0 saturated carbocycles. The smallest absolute Gasteiger partial charge is 0.335 e. The molecule has 0 saturated heterocycles. The summed E-state index contributed by atoms with van der Waals surface area (Å²) >= 11 is 0. The van der Waals surface area contributed by atoms with Crippen LogP contribution in [0.15, 0.2) is 47.8 Å². The van der Waals surface area contributed by atoms with Crippen LogP contribution in [-0.4, -0.2) is 42.0 Å². The number of hydrogen-bond acceptors (Lipinski definition) is 6. The fraction of sp³-hybridized carbons (Fsp3) is 0.577. The van der Waals surface area contributed by atoms with E-state index in [1.165, 1.54) is 19.3 Å². The highest BCUT2D eigenvalue weighted by molar-refractivity contribution is 6.00. The molecule has 0 aromatic carbocycles. The van der Waals surface area contributed by atoms with Crippen molar-refractivity contribution in [2.45, 2.75) is 66.4 Å². The summed E-state index contributed by atoms with van der Waals surface area (Å²) in [5, 5.41) is 9.74. The molecule has 3 atom stereocenters. The highest BCUT2D eigenvalue weighted by atomic mass is 16.5. The molecule has 0 bridgehead atoms. The van der Waals surface area contributed by atoms with E-state index >= 15 is 0 Å². The minimum Gasteiger partial charge on any atom is -0.432 e. The van der Waals surface area contributed by atoms with E-state index in [1.54, 1.807) is 33.1 Å². The van der Waals surface area contributed by atoms with Gasteiger partial charge in [0, 0.05) is 31.1 Å². The second-order valence-corrected chi connectivity index (χ2v) is 9.55. The van der Waals surface area contributed by atoms with Crippen molar-refractivity contribution in [1.82, 2.24) is 0 Å². The number of ketones is 2. The van der Waals surface area contributed by atoms with Crippen molar-refractivity contribution < 1.29 is 29.0 Å². The largest absolute Gasteiger partial charge is 0.432 e. The molecule has 0 spiro atoms. The number of hydrogen-bond donors (Lipinski definition) is 1. The maximum Gasteiger partial charge on any atom is 0.335 e. The minimum absolute atomic E-state index is 0.0516. The molecule has 178 valence electrons. The molecular weight excluding hydrogens is 408 g/mol. The van der Waals surface area contributed by atoms with Crippen LogP contribution >= 0.6 is 0 Å². The van der Waals surface area contributed by atoms with Gasteiger partial charge in [-0.25, -0.2) is 4.79 Å². The van der Waals surface area contributed by atoms with Crippen LogP contribution in [-0.2, 0) is 23.9 Å². The normalized spacial score (nSPS) is 24.4. The Morgan fingerprint density at radius 1 is 1.28 bits per heavy atom. The number of methoxy groups -OCH3 is 1. The van der Waals surface area contributed by atoms with Gasteiger partial charge >= 0.3 is 5.97 Å². The molecular formula is C26H38O6. The van der Waals surface area contributed by atoms with Crippen LogP contribution in [0, 0.1) is 17.3 Å². The first-order valence-electron chi connectivity index (χ1n) is 10.9. The Labute approximate surface area is 192 Å². The Hall–Kier alpha value is -2.31. The van der Waals surface area contributed by atoms with Gasteiger partial charge in [-0.15, -0.1) is 0 Å². The zero-order valence-corrected chi connectivity index (χ0v) is 20.4. The van der Waals surface area contributed by atoms with E-state index in [9.17, 15) is 19.5 Å². The maximum atomic E-state index is 13.2. The van der Waals surface area contributed by atoms with Gasteiger partial charge in [-0.1, -0.05) is 30.7 Å². The number of rotatable bonds is 10. The quantitative estimate of drug-likeness (QED) is 0.230. The summed E-state index contributed by atoms with van der Waals surface area (Å²) < 4.78 is 10.7. The number of Topliss-reactive ketones (excluding diaryl/α,β-unsaturated/α-hetero) is 2. The third kappa shape index (κ3) is 8.32. The fourth-order valence-electron chi connectivity index (χ4n) is 3.88. The first kappa shape index (κ1) is 27.7. The number of aliphatic hydroxyl groups excluding tert-OH is 1. The lowest BCUT2D eigenvalue weighted by Gasteiger charge is -2.37. The Bertz CT molecular complexity index is 810.